The summed E-state index contributed by atoms with van der Waals surface area (Å²) in [5, 5.41) is 7.14. The summed E-state index contributed by atoms with van der Waals surface area (Å²) in [6.07, 6.45) is 3.50. The maximum atomic E-state index is 13.0. The van der Waals surface area contributed by atoms with E-state index >= 15 is 0 Å². The molecule has 124 valence electrons. The van der Waals surface area contributed by atoms with Crippen LogP contribution < -0.4 is 10.6 Å². The second-order valence-corrected chi connectivity index (χ2v) is 7.63. The highest BCUT2D eigenvalue weighted by Gasteiger charge is 2.39. The summed E-state index contributed by atoms with van der Waals surface area (Å²) in [6, 6.07) is 12.2. The van der Waals surface area contributed by atoms with E-state index in [0.29, 0.717) is 6.42 Å². The lowest BCUT2D eigenvalue weighted by molar-refractivity contribution is -0.118. The van der Waals surface area contributed by atoms with Crippen molar-refractivity contribution in [3.05, 3.63) is 59.6 Å². The Bertz CT molecular complexity index is 844. The number of nitrogens with one attached hydrogen (secondary N) is 2. The van der Waals surface area contributed by atoms with Gasteiger partial charge in [-0.3, -0.25) is 4.79 Å². The quantitative estimate of drug-likeness (QED) is 0.825. The number of carbonyl (C=O) groups excluding carboxylic acids is 1. The molecule has 1 aliphatic carbocycles. The van der Waals surface area contributed by atoms with Crippen molar-refractivity contribution in [3.63, 3.8) is 0 Å². The fourth-order valence-corrected chi connectivity index (χ4v) is 3.89. The lowest BCUT2D eigenvalue weighted by Crippen LogP contribution is -2.32. The van der Waals surface area contributed by atoms with Crippen LogP contribution in [0.1, 0.15) is 38.4 Å². The predicted molar refractivity (Wildman–Crippen MR) is 96.9 cm³/mol. The number of rotatable bonds is 1. The van der Waals surface area contributed by atoms with Gasteiger partial charge in [0.2, 0.25) is 0 Å². The number of aryl methyl sites for hydroxylation is 1. The summed E-state index contributed by atoms with van der Waals surface area (Å²) >= 11 is 0. The van der Waals surface area contributed by atoms with E-state index in [1.54, 1.807) is 0 Å². The SMILES string of the molecule is Cn1cccc1[C@@H]1Nc2ccccc2NC2=C1C(=O)CC(C)(C)C2. The van der Waals surface area contributed by atoms with Gasteiger partial charge in [-0.1, -0.05) is 26.0 Å². The van der Waals surface area contributed by atoms with E-state index in [1.165, 1.54) is 0 Å². The van der Waals surface area contributed by atoms with E-state index in [9.17, 15) is 4.79 Å². The zero-order valence-electron chi connectivity index (χ0n) is 14.4. The van der Waals surface area contributed by atoms with Gasteiger partial charge in [-0.25, -0.2) is 0 Å². The zero-order chi connectivity index (χ0) is 16.9. The fourth-order valence-electron chi connectivity index (χ4n) is 3.89. The summed E-state index contributed by atoms with van der Waals surface area (Å²) in [7, 11) is 2.03. The number of carbonyl (C=O) groups is 1. The highest BCUT2D eigenvalue weighted by molar-refractivity contribution is 6.01. The molecule has 1 atom stereocenters. The molecule has 2 N–H and O–H groups in total. The van der Waals surface area contributed by atoms with Crippen molar-refractivity contribution in [1.82, 2.24) is 4.57 Å². The summed E-state index contributed by atoms with van der Waals surface area (Å²) in [6.45, 7) is 4.33. The number of allylic oxidation sites excluding steroid dienone is 1. The van der Waals surface area contributed by atoms with Crippen molar-refractivity contribution in [3.8, 4) is 0 Å². The van der Waals surface area contributed by atoms with Crippen LogP contribution >= 0.6 is 0 Å². The van der Waals surface area contributed by atoms with Crippen LogP contribution in [0.15, 0.2) is 53.9 Å². The van der Waals surface area contributed by atoms with Crippen LogP contribution in [0.4, 0.5) is 11.4 Å². The number of aromatic nitrogens is 1. The molecule has 4 nitrogen and oxygen atoms in total. The Kier molecular flexibility index (Phi) is 3.30. The Morgan fingerprint density at radius 2 is 1.83 bits per heavy atom. The molecule has 2 aliphatic rings. The van der Waals surface area contributed by atoms with Gasteiger partial charge in [0.25, 0.3) is 0 Å². The number of hydrogen-bond donors (Lipinski definition) is 2. The largest absolute Gasteiger partial charge is 0.371 e. The van der Waals surface area contributed by atoms with Crippen molar-refractivity contribution < 1.29 is 4.79 Å². The standard InChI is InChI=1S/C20H23N3O/c1-20(2)11-15-18(17(24)12-20)19(16-9-6-10-23(16)3)22-14-8-5-4-7-13(14)21-15/h4-10,19,21-22H,11-12H2,1-3H3/t19-/m0/s1. The molecule has 0 fully saturated rings. The van der Waals surface area contributed by atoms with Gasteiger partial charge in [0.1, 0.15) is 0 Å². The Balaban J connectivity index is 1.90. The first-order valence-electron chi connectivity index (χ1n) is 8.45. The molecule has 1 aliphatic heterocycles. The summed E-state index contributed by atoms with van der Waals surface area (Å²) in [5.74, 6) is 0.236. The number of nitrogens with zero attached hydrogens (tertiary/aromatic N) is 1. The number of ketones is 1. The van der Waals surface area contributed by atoms with Crippen LogP contribution in [0.2, 0.25) is 0 Å². The van der Waals surface area contributed by atoms with E-state index in [0.717, 1.165) is 34.8 Å². The van der Waals surface area contributed by atoms with Crippen LogP contribution in [-0.4, -0.2) is 10.4 Å². The first-order chi connectivity index (χ1) is 11.4. The minimum Gasteiger partial charge on any atom is -0.371 e. The van der Waals surface area contributed by atoms with Gasteiger partial charge >= 0.3 is 0 Å². The molecule has 0 unspecified atom stereocenters. The Labute approximate surface area is 142 Å². The van der Waals surface area contributed by atoms with Gasteiger partial charge in [0.05, 0.1) is 17.4 Å². The van der Waals surface area contributed by atoms with Crippen molar-refractivity contribution in [1.29, 1.82) is 0 Å². The summed E-state index contributed by atoms with van der Waals surface area (Å²) in [5.41, 5.74) is 5.10. The molecule has 24 heavy (non-hydrogen) atoms. The lowest BCUT2D eigenvalue weighted by atomic mass is 9.74. The predicted octanol–water partition coefficient (Wildman–Crippen LogP) is 4.25. The number of para-hydroxylation sites is 2. The summed E-state index contributed by atoms with van der Waals surface area (Å²) in [4.78, 5) is 13.0. The van der Waals surface area contributed by atoms with E-state index in [4.69, 9.17) is 0 Å². The molecule has 2 heterocycles. The molecule has 0 bridgehead atoms. The Morgan fingerprint density at radius 1 is 1.08 bits per heavy atom. The molecule has 4 rings (SSSR count). The van der Waals surface area contributed by atoms with E-state index < -0.39 is 0 Å². The van der Waals surface area contributed by atoms with Crippen LogP contribution in [-0.2, 0) is 11.8 Å². The monoisotopic (exact) mass is 321 g/mol. The molecule has 0 amide bonds. The van der Waals surface area contributed by atoms with E-state index in [1.807, 2.05) is 31.4 Å². The number of benzene rings is 1. The first-order valence-corrected chi connectivity index (χ1v) is 8.45. The topological polar surface area (TPSA) is 46.1 Å². The molecule has 0 radical (unpaired) electrons. The maximum Gasteiger partial charge on any atom is 0.163 e. The van der Waals surface area contributed by atoms with Crippen molar-refractivity contribution in [2.45, 2.75) is 32.7 Å². The highest BCUT2D eigenvalue weighted by Crippen LogP contribution is 2.45. The van der Waals surface area contributed by atoms with Crippen molar-refractivity contribution in [2.24, 2.45) is 12.5 Å². The van der Waals surface area contributed by atoms with Gasteiger partial charge in [0, 0.05) is 36.6 Å². The Morgan fingerprint density at radius 3 is 2.54 bits per heavy atom. The first kappa shape index (κ1) is 15.1. The van der Waals surface area contributed by atoms with E-state index in [-0.39, 0.29) is 17.2 Å². The van der Waals surface area contributed by atoms with Crippen molar-refractivity contribution >= 4 is 17.2 Å². The van der Waals surface area contributed by atoms with Crippen LogP contribution in [0.5, 0.6) is 0 Å². The number of hydrogen-bond acceptors (Lipinski definition) is 3. The zero-order valence-corrected chi connectivity index (χ0v) is 14.4. The number of Topliss-reactive ketones (excluding diaryl/α,β-unsaturated/α-hetero) is 1. The van der Waals surface area contributed by atoms with Crippen LogP contribution in [0.3, 0.4) is 0 Å². The van der Waals surface area contributed by atoms with Crippen molar-refractivity contribution in [2.75, 3.05) is 10.6 Å². The fraction of sp³-hybridized carbons (Fsp3) is 0.350. The average Bonchev–Trinajstić information content (AvgIpc) is 2.85. The lowest BCUT2D eigenvalue weighted by Gasteiger charge is -2.34. The average molecular weight is 321 g/mol. The second-order valence-electron chi connectivity index (χ2n) is 7.63. The second kappa shape index (κ2) is 5.26. The molecule has 4 heteroatoms. The summed E-state index contributed by atoms with van der Waals surface area (Å²) < 4.78 is 2.09. The molecular weight excluding hydrogens is 298 g/mol. The van der Waals surface area contributed by atoms with Gasteiger partial charge in [-0.2, -0.15) is 0 Å². The molecule has 0 saturated carbocycles. The molecular formula is C20H23N3O. The van der Waals surface area contributed by atoms with Crippen LogP contribution in [0.25, 0.3) is 0 Å². The normalized spacial score (nSPS) is 22.1. The third-order valence-corrected chi connectivity index (χ3v) is 5.00. The van der Waals surface area contributed by atoms with E-state index in [2.05, 4.69) is 47.2 Å². The molecule has 0 saturated heterocycles. The number of anilines is 2. The minimum absolute atomic E-state index is 0.0129. The van der Waals surface area contributed by atoms with Gasteiger partial charge < -0.3 is 15.2 Å². The molecule has 1 aromatic heterocycles. The smallest absolute Gasteiger partial charge is 0.163 e. The van der Waals surface area contributed by atoms with Gasteiger partial charge in [0.15, 0.2) is 5.78 Å². The molecule has 2 aromatic rings. The third kappa shape index (κ3) is 2.42. The Hall–Kier alpha value is -2.49. The maximum absolute atomic E-state index is 13.0. The highest BCUT2D eigenvalue weighted by atomic mass is 16.1. The van der Waals surface area contributed by atoms with Gasteiger partial charge in [-0.15, -0.1) is 0 Å². The molecule has 1 aromatic carbocycles. The minimum atomic E-state index is -0.125. The van der Waals surface area contributed by atoms with Crippen LogP contribution in [0, 0.1) is 5.41 Å². The number of fused-ring (bicyclic) bond motifs is 1. The third-order valence-electron chi connectivity index (χ3n) is 5.00. The van der Waals surface area contributed by atoms with Gasteiger partial charge in [-0.05, 0) is 36.1 Å². The molecule has 0 spiro atoms.